The summed E-state index contributed by atoms with van der Waals surface area (Å²) >= 11 is 0. The van der Waals surface area contributed by atoms with Crippen LogP contribution in [0.1, 0.15) is 39.2 Å². The highest BCUT2D eigenvalue weighted by Crippen LogP contribution is 2.11. The number of amides is 1. The van der Waals surface area contributed by atoms with Crippen molar-refractivity contribution in [2.24, 2.45) is 0 Å². The van der Waals surface area contributed by atoms with Gasteiger partial charge in [0.05, 0.1) is 0 Å². The molecule has 0 aliphatic carbocycles. The Hall–Kier alpha value is -3.21. The first-order chi connectivity index (χ1) is 13.1. The number of hydrogen-bond donors (Lipinski definition) is 1. The summed E-state index contributed by atoms with van der Waals surface area (Å²) in [5.41, 5.74) is 2.22. The van der Waals surface area contributed by atoms with Crippen molar-refractivity contribution in [2.45, 2.75) is 32.7 Å². The number of nitrogens with zero attached hydrogens (tertiary/aromatic N) is 1. The Kier molecular flexibility index (Phi) is 6.15. The molecule has 1 N–H and O–H groups in total. The summed E-state index contributed by atoms with van der Waals surface area (Å²) in [5, 5.41) is 2.74. The van der Waals surface area contributed by atoms with E-state index in [2.05, 4.69) is 22.4 Å². The van der Waals surface area contributed by atoms with Gasteiger partial charge in [0, 0.05) is 25.4 Å². The molecular formula is C22H22N2O3. The van der Waals surface area contributed by atoms with Crippen LogP contribution in [0.4, 0.5) is 0 Å². The minimum Gasteiger partial charge on any atom is -0.427 e. The number of carbonyl (C=O) groups excluding carboxylic acids is 1. The Balaban J connectivity index is 1.62. The molecule has 0 aliphatic heterocycles. The van der Waals surface area contributed by atoms with Crippen molar-refractivity contribution >= 4 is 5.91 Å². The van der Waals surface area contributed by atoms with Crippen LogP contribution in [0.15, 0.2) is 70.1 Å². The van der Waals surface area contributed by atoms with Crippen LogP contribution in [-0.2, 0) is 19.4 Å². The molecule has 138 valence electrons. The smallest absolute Gasteiger partial charge is 0.349 e. The van der Waals surface area contributed by atoms with Crippen molar-refractivity contribution in [3.63, 3.8) is 0 Å². The summed E-state index contributed by atoms with van der Waals surface area (Å²) in [6.45, 7) is 2.07. The van der Waals surface area contributed by atoms with E-state index in [-0.39, 0.29) is 5.56 Å². The van der Waals surface area contributed by atoms with Crippen LogP contribution >= 0.6 is 0 Å². The van der Waals surface area contributed by atoms with Crippen LogP contribution in [0.25, 0.3) is 0 Å². The number of rotatable bonds is 7. The molecule has 3 aromatic rings. The van der Waals surface area contributed by atoms with E-state index in [1.807, 2.05) is 24.3 Å². The normalized spacial score (nSPS) is 10.6. The number of aromatic nitrogens is 1. The number of carbonyl (C=O) groups is 1. The molecule has 0 aliphatic rings. The Bertz CT molecular complexity index is 950. The van der Waals surface area contributed by atoms with E-state index in [1.165, 1.54) is 5.56 Å². The third kappa shape index (κ3) is 5.14. The molecule has 3 rings (SSSR count). The van der Waals surface area contributed by atoms with Gasteiger partial charge in [-0.3, -0.25) is 9.78 Å². The molecule has 0 unspecified atom stereocenters. The Morgan fingerprint density at radius 1 is 1.07 bits per heavy atom. The maximum absolute atomic E-state index is 12.4. The summed E-state index contributed by atoms with van der Waals surface area (Å²) in [6, 6.07) is 15.6. The van der Waals surface area contributed by atoms with Gasteiger partial charge >= 0.3 is 5.63 Å². The first-order valence-electron chi connectivity index (χ1n) is 8.98. The highest BCUT2D eigenvalue weighted by atomic mass is 16.4. The average Bonchev–Trinajstić information content (AvgIpc) is 2.67. The maximum atomic E-state index is 12.4. The summed E-state index contributed by atoms with van der Waals surface area (Å²) in [4.78, 5) is 28.7. The van der Waals surface area contributed by atoms with Crippen LogP contribution < -0.4 is 10.9 Å². The first kappa shape index (κ1) is 18.6. The monoisotopic (exact) mass is 362 g/mol. The van der Waals surface area contributed by atoms with Crippen molar-refractivity contribution in [3.8, 4) is 0 Å². The molecule has 0 saturated heterocycles. The molecule has 2 aromatic heterocycles. The Morgan fingerprint density at radius 3 is 2.56 bits per heavy atom. The van der Waals surface area contributed by atoms with Gasteiger partial charge in [-0.25, -0.2) is 4.79 Å². The lowest BCUT2D eigenvalue weighted by Crippen LogP contribution is -2.29. The zero-order chi connectivity index (χ0) is 19.1. The molecule has 1 aromatic carbocycles. The van der Waals surface area contributed by atoms with Crippen LogP contribution in [0.2, 0.25) is 0 Å². The summed E-state index contributed by atoms with van der Waals surface area (Å²) < 4.78 is 5.37. The predicted octanol–water partition coefficient (Wildman–Crippen LogP) is 3.45. The summed E-state index contributed by atoms with van der Waals surface area (Å²) in [7, 11) is 0. The van der Waals surface area contributed by atoms with E-state index in [4.69, 9.17) is 4.42 Å². The SMILES string of the molecule is Cc1cc(CCCc2ccccc2)oc(=O)c1C(=O)NCc1cccnc1. The summed E-state index contributed by atoms with van der Waals surface area (Å²) in [5.74, 6) is 0.179. The van der Waals surface area contributed by atoms with E-state index in [0.29, 0.717) is 24.3 Å². The lowest BCUT2D eigenvalue weighted by Gasteiger charge is -2.08. The number of benzene rings is 1. The van der Waals surface area contributed by atoms with Crippen molar-refractivity contribution in [3.05, 3.63) is 99.4 Å². The van der Waals surface area contributed by atoms with Gasteiger partial charge in [0.2, 0.25) is 0 Å². The molecule has 5 nitrogen and oxygen atoms in total. The van der Waals surface area contributed by atoms with E-state index in [1.54, 1.807) is 31.5 Å². The second-order valence-electron chi connectivity index (χ2n) is 6.44. The molecule has 0 bridgehead atoms. The lowest BCUT2D eigenvalue weighted by atomic mass is 10.1. The standard InChI is InChI=1S/C22H22N2O3/c1-16-13-19(11-5-9-17-7-3-2-4-8-17)27-22(26)20(16)21(25)24-15-18-10-6-12-23-14-18/h2-4,6-8,10,12-14H,5,9,11,15H2,1H3,(H,24,25). The zero-order valence-electron chi connectivity index (χ0n) is 15.3. The molecule has 2 heterocycles. The average molecular weight is 362 g/mol. The maximum Gasteiger partial charge on any atom is 0.349 e. The highest BCUT2D eigenvalue weighted by Gasteiger charge is 2.16. The number of nitrogens with one attached hydrogen (secondary N) is 1. The van der Waals surface area contributed by atoms with E-state index in [0.717, 1.165) is 18.4 Å². The Labute approximate surface area is 158 Å². The number of aryl methyl sites for hydroxylation is 3. The minimum absolute atomic E-state index is 0.0608. The molecule has 0 saturated carbocycles. The fraction of sp³-hybridized carbons (Fsp3) is 0.227. The molecule has 1 amide bonds. The fourth-order valence-corrected chi connectivity index (χ4v) is 2.95. The molecule has 27 heavy (non-hydrogen) atoms. The molecule has 0 fully saturated rings. The van der Waals surface area contributed by atoms with Crippen molar-refractivity contribution in [1.82, 2.24) is 10.3 Å². The van der Waals surface area contributed by atoms with E-state index in [9.17, 15) is 9.59 Å². The fourth-order valence-electron chi connectivity index (χ4n) is 2.95. The predicted molar refractivity (Wildman–Crippen MR) is 104 cm³/mol. The molecule has 0 spiro atoms. The van der Waals surface area contributed by atoms with Gasteiger partial charge in [0.1, 0.15) is 11.3 Å². The number of hydrogen-bond acceptors (Lipinski definition) is 4. The molecule has 0 atom stereocenters. The van der Waals surface area contributed by atoms with Gasteiger partial charge in [-0.05, 0) is 48.6 Å². The van der Waals surface area contributed by atoms with E-state index >= 15 is 0 Å². The van der Waals surface area contributed by atoms with Gasteiger partial charge in [0.25, 0.3) is 5.91 Å². The van der Waals surface area contributed by atoms with Crippen molar-refractivity contribution in [2.75, 3.05) is 0 Å². The molecule has 5 heteroatoms. The van der Waals surface area contributed by atoms with Gasteiger partial charge < -0.3 is 9.73 Å². The van der Waals surface area contributed by atoms with Crippen molar-refractivity contribution in [1.29, 1.82) is 0 Å². The topological polar surface area (TPSA) is 72.2 Å². The second kappa shape index (κ2) is 8.94. The van der Waals surface area contributed by atoms with Crippen LogP contribution in [0.3, 0.4) is 0 Å². The molecule has 0 radical (unpaired) electrons. The largest absolute Gasteiger partial charge is 0.427 e. The van der Waals surface area contributed by atoms with Gasteiger partial charge in [-0.1, -0.05) is 36.4 Å². The van der Waals surface area contributed by atoms with E-state index < -0.39 is 11.5 Å². The zero-order valence-corrected chi connectivity index (χ0v) is 15.3. The van der Waals surface area contributed by atoms with Gasteiger partial charge in [0.15, 0.2) is 0 Å². The number of pyridine rings is 1. The minimum atomic E-state index is -0.589. The van der Waals surface area contributed by atoms with Crippen LogP contribution in [0, 0.1) is 6.92 Å². The lowest BCUT2D eigenvalue weighted by molar-refractivity contribution is 0.0946. The van der Waals surface area contributed by atoms with Gasteiger partial charge in [-0.15, -0.1) is 0 Å². The highest BCUT2D eigenvalue weighted by molar-refractivity contribution is 5.95. The Morgan fingerprint density at radius 2 is 1.85 bits per heavy atom. The van der Waals surface area contributed by atoms with Crippen molar-refractivity contribution < 1.29 is 9.21 Å². The van der Waals surface area contributed by atoms with Crippen LogP contribution in [0.5, 0.6) is 0 Å². The quantitative estimate of drug-likeness (QED) is 0.699. The first-order valence-corrected chi connectivity index (χ1v) is 8.98. The summed E-state index contributed by atoms with van der Waals surface area (Å²) in [6.07, 6.45) is 5.78. The second-order valence-corrected chi connectivity index (χ2v) is 6.44. The third-order valence-electron chi connectivity index (χ3n) is 4.33. The van der Waals surface area contributed by atoms with Crippen LogP contribution in [-0.4, -0.2) is 10.9 Å². The third-order valence-corrected chi connectivity index (χ3v) is 4.33. The molecular weight excluding hydrogens is 340 g/mol. The van der Waals surface area contributed by atoms with Gasteiger partial charge in [-0.2, -0.15) is 0 Å².